The molecule has 0 bridgehead atoms. The third-order valence-electron chi connectivity index (χ3n) is 6.11. The molecule has 0 aliphatic carbocycles. The predicted molar refractivity (Wildman–Crippen MR) is 149 cm³/mol. The number of ether oxygens (including phenoxy) is 2. The molecule has 6 nitrogen and oxygen atoms in total. The number of benzene rings is 4. The number of carbonyl (C=O) groups is 1. The van der Waals surface area contributed by atoms with E-state index in [0.29, 0.717) is 16.9 Å². The van der Waals surface area contributed by atoms with Gasteiger partial charge in [0.2, 0.25) is 0 Å². The van der Waals surface area contributed by atoms with Crippen molar-refractivity contribution in [1.82, 2.24) is 0 Å². The van der Waals surface area contributed by atoms with Crippen LogP contribution >= 0.6 is 11.3 Å². The minimum Gasteiger partial charge on any atom is -0.497 e. The fourth-order valence-electron chi connectivity index (χ4n) is 4.06. The van der Waals surface area contributed by atoms with Crippen molar-refractivity contribution in [2.75, 3.05) is 14.2 Å². The zero-order valence-corrected chi connectivity index (χ0v) is 22.6. The third-order valence-corrected chi connectivity index (χ3v) is 8.57. The van der Waals surface area contributed by atoms with Crippen molar-refractivity contribution in [1.29, 1.82) is 0 Å². The van der Waals surface area contributed by atoms with E-state index in [0.717, 1.165) is 31.8 Å². The molecule has 192 valence electrons. The summed E-state index contributed by atoms with van der Waals surface area (Å²) < 4.78 is 42.2. The first-order valence-electron chi connectivity index (χ1n) is 11.7. The molecule has 0 atom stereocenters. The number of methoxy groups -OCH3 is 2. The Hall–Kier alpha value is -4.14. The summed E-state index contributed by atoms with van der Waals surface area (Å²) in [6, 6.07) is 25.7. The molecule has 0 unspecified atom stereocenters. The monoisotopic (exact) mass is 544 g/mol. The number of hydrogen-bond donors (Lipinski definition) is 0. The molecule has 0 aliphatic rings. The maximum absolute atomic E-state index is 13.8. The quantitative estimate of drug-likeness (QED) is 0.156. The molecule has 0 aliphatic heterocycles. The molecule has 8 heteroatoms. The van der Waals surface area contributed by atoms with E-state index in [9.17, 15) is 13.2 Å². The topological polar surface area (TPSA) is 78.9 Å². The van der Waals surface area contributed by atoms with E-state index in [-0.39, 0.29) is 16.4 Å². The summed E-state index contributed by atoms with van der Waals surface area (Å²) in [5.41, 5.74) is 2.81. The zero-order chi connectivity index (χ0) is 26.9. The molecular formula is C30H24O6S2. The molecular weight excluding hydrogens is 520 g/mol. The molecule has 0 saturated carbocycles. The number of carbonyl (C=O) groups excluding carboxylic acids is 1. The van der Waals surface area contributed by atoms with Gasteiger partial charge in [0.25, 0.3) is 0 Å². The number of thiophene rings is 1. The van der Waals surface area contributed by atoms with Crippen molar-refractivity contribution < 1.29 is 26.9 Å². The lowest BCUT2D eigenvalue weighted by atomic mass is 9.97. The second-order valence-electron chi connectivity index (χ2n) is 8.60. The number of aryl methyl sites for hydroxylation is 1. The molecule has 0 saturated heterocycles. The summed E-state index contributed by atoms with van der Waals surface area (Å²) in [5.74, 6) is 1.37. The molecule has 0 fully saturated rings. The van der Waals surface area contributed by atoms with Gasteiger partial charge in [0.15, 0.2) is 5.78 Å². The van der Waals surface area contributed by atoms with Gasteiger partial charge in [-0.15, -0.1) is 11.3 Å². The second kappa shape index (κ2) is 10.3. The highest BCUT2D eigenvalue weighted by Gasteiger charge is 2.23. The molecule has 0 amide bonds. The lowest BCUT2D eigenvalue weighted by molar-refractivity contribution is 0.104. The van der Waals surface area contributed by atoms with Gasteiger partial charge in [-0.1, -0.05) is 17.7 Å². The van der Waals surface area contributed by atoms with Crippen LogP contribution in [-0.2, 0) is 10.1 Å². The predicted octanol–water partition coefficient (Wildman–Crippen LogP) is 6.89. The first kappa shape index (κ1) is 25.5. The van der Waals surface area contributed by atoms with Gasteiger partial charge in [0, 0.05) is 26.1 Å². The van der Waals surface area contributed by atoms with Crippen molar-refractivity contribution in [3.05, 3.63) is 108 Å². The second-order valence-corrected chi connectivity index (χ2v) is 11.2. The summed E-state index contributed by atoms with van der Waals surface area (Å²) in [5, 5.41) is 0.814. The average molecular weight is 545 g/mol. The van der Waals surface area contributed by atoms with Gasteiger partial charge in [-0.3, -0.25) is 4.79 Å². The SMILES string of the molecule is COc1ccc(-c2sc3cc(OC)ccc3c2C(=O)c2ccc(OS(=O)(=O)c3ccc(C)cc3)cc2)cc1. The lowest BCUT2D eigenvalue weighted by Gasteiger charge is -2.09. The van der Waals surface area contributed by atoms with Gasteiger partial charge in [0.1, 0.15) is 22.1 Å². The molecule has 0 spiro atoms. The number of rotatable bonds is 8. The third kappa shape index (κ3) is 5.01. The van der Waals surface area contributed by atoms with Crippen molar-refractivity contribution in [2.45, 2.75) is 11.8 Å². The van der Waals surface area contributed by atoms with E-state index < -0.39 is 10.1 Å². The Morgan fingerprint density at radius 3 is 1.97 bits per heavy atom. The standard InChI is InChI=1S/C30H24O6S2/c1-19-4-15-25(16-5-19)38(32,33)36-23-12-6-20(7-13-23)29(31)28-26-17-14-24(35-3)18-27(26)37-30(28)21-8-10-22(34-2)11-9-21/h4-18H,1-3H3. The Bertz CT molecular complexity index is 1720. The van der Waals surface area contributed by atoms with Gasteiger partial charge in [-0.2, -0.15) is 8.42 Å². The maximum Gasteiger partial charge on any atom is 0.339 e. The fourth-order valence-corrected chi connectivity index (χ4v) is 6.22. The summed E-state index contributed by atoms with van der Waals surface area (Å²) in [6.45, 7) is 1.88. The number of fused-ring (bicyclic) bond motifs is 1. The van der Waals surface area contributed by atoms with Crippen LogP contribution in [0.5, 0.6) is 17.2 Å². The molecule has 38 heavy (non-hydrogen) atoms. The maximum atomic E-state index is 13.8. The molecule has 0 radical (unpaired) electrons. The van der Waals surface area contributed by atoms with Crippen molar-refractivity contribution in [3.63, 3.8) is 0 Å². The largest absolute Gasteiger partial charge is 0.497 e. The van der Waals surface area contributed by atoms with Crippen LogP contribution in [0.1, 0.15) is 21.5 Å². The molecule has 5 rings (SSSR count). The zero-order valence-electron chi connectivity index (χ0n) is 20.9. The van der Waals surface area contributed by atoms with Crippen LogP contribution in [0.3, 0.4) is 0 Å². The Morgan fingerprint density at radius 1 is 0.737 bits per heavy atom. The van der Waals surface area contributed by atoms with Gasteiger partial charge in [0.05, 0.1) is 14.2 Å². The lowest BCUT2D eigenvalue weighted by Crippen LogP contribution is -2.10. The van der Waals surface area contributed by atoms with Crippen LogP contribution in [0, 0.1) is 6.92 Å². The molecule has 1 aromatic heterocycles. The van der Waals surface area contributed by atoms with E-state index in [4.69, 9.17) is 13.7 Å². The van der Waals surface area contributed by atoms with Crippen LogP contribution in [0.4, 0.5) is 0 Å². The van der Waals surface area contributed by atoms with Crippen molar-refractivity contribution >= 4 is 37.3 Å². The van der Waals surface area contributed by atoms with Crippen LogP contribution < -0.4 is 13.7 Å². The van der Waals surface area contributed by atoms with Gasteiger partial charge in [-0.05, 0) is 91.3 Å². The van der Waals surface area contributed by atoms with E-state index in [1.165, 1.54) is 35.6 Å². The van der Waals surface area contributed by atoms with Crippen LogP contribution in [0.15, 0.2) is 95.9 Å². The molecule has 0 N–H and O–H groups in total. The van der Waals surface area contributed by atoms with Crippen molar-refractivity contribution in [2.24, 2.45) is 0 Å². The Morgan fingerprint density at radius 2 is 1.34 bits per heavy atom. The Balaban J connectivity index is 1.50. The van der Waals surface area contributed by atoms with Crippen LogP contribution in [-0.4, -0.2) is 28.4 Å². The minimum atomic E-state index is -4.00. The van der Waals surface area contributed by atoms with E-state index >= 15 is 0 Å². The smallest absolute Gasteiger partial charge is 0.339 e. The van der Waals surface area contributed by atoms with Gasteiger partial charge in [-0.25, -0.2) is 0 Å². The summed E-state index contributed by atoms with van der Waals surface area (Å²) >= 11 is 1.51. The Labute approximate surface area is 225 Å². The van der Waals surface area contributed by atoms with Crippen LogP contribution in [0.25, 0.3) is 20.5 Å². The summed E-state index contributed by atoms with van der Waals surface area (Å²) in [7, 11) is -0.784. The number of hydrogen-bond acceptors (Lipinski definition) is 7. The molecule has 5 aromatic rings. The first-order valence-corrected chi connectivity index (χ1v) is 13.9. The first-order chi connectivity index (χ1) is 18.3. The van der Waals surface area contributed by atoms with Gasteiger partial charge >= 0.3 is 10.1 Å². The van der Waals surface area contributed by atoms with E-state index in [1.807, 2.05) is 49.4 Å². The summed E-state index contributed by atoms with van der Waals surface area (Å²) in [6.07, 6.45) is 0. The minimum absolute atomic E-state index is 0.0626. The van der Waals surface area contributed by atoms with Gasteiger partial charge < -0.3 is 13.7 Å². The molecule has 4 aromatic carbocycles. The fraction of sp³-hybridized carbons (Fsp3) is 0.100. The summed E-state index contributed by atoms with van der Waals surface area (Å²) in [4.78, 5) is 14.7. The highest BCUT2D eigenvalue weighted by molar-refractivity contribution is 7.87. The molecule has 1 heterocycles. The highest BCUT2D eigenvalue weighted by Crippen LogP contribution is 2.41. The Kier molecular flexibility index (Phi) is 6.93. The van der Waals surface area contributed by atoms with Crippen molar-refractivity contribution in [3.8, 4) is 27.7 Å². The average Bonchev–Trinajstić information content (AvgIpc) is 3.32. The van der Waals surface area contributed by atoms with E-state index in [2.05, 4.69) is 0 Å². The van der Waals surface area contributed by atoms with Crippen LogP contribution in [0.2, 0.25) is 0 Å². The normalized spacial score (nSPS) is 11.3. The number of ketones is 1. The highest BCUT2D eigenvalue weighted by atomic mass is 32.2. The van der Waals surface area contributed by atoms with E-state index in [1.54, 1.807) is 38.5 Å².